The van der Waals surface area contributed by atoms with Gasteiger partial charge in [0.05, 0.1) is 0 Å². The Hall–Kier alpha value is -0.660. The van der Waals surface area contributed by atoms with Gasteiger partial charge in [-0.05, 0) is 13.0 Å². The van der Waals surface area contributed by atoms with Crippen LogP contribution in [0, 0.1) is 6.04 Å². The van der Waals surface area contributed by atoms with Crippen molar-refractivity contribution in [1.82, 2.24) is 0 Å². The fourth-order valence-electron chi connectivity index (χ4n) is 0.299. The fourth-order valence-corrected chi connectivity index (χ4v) is 0.299. The lowest BCUT2D eigenvalue weighted by Crippen LogP contribution is -1.67. The van der Waals surface area contributed by atoms with Crippen molar-refractivity contribution in [2.24, 2.45) is 10.2 Å². The number of nitrogens with zero attached hydrogens (tertiary/aromatic N) is 2. The van der Waals surface area contributed by atoms with Gasteiger partial charge in [-0.3, -0.25) is 0 Å². The highest BCUT2D eigenvalue weighted by Crippen LogP contribution is 2.08. The molecule has 2 heteroatoms. The van der Waals surface area contributed by atoms with Gasteiger partial charge in [-0.15, -0.1) is 0 Å². The lowest BCUT2D eigenvalue weighted by molar-refractivity contribution is 1.07. The second kappa shape index (κ2) is 1.20. The van der Waals surface area contributed by atoms with Crippen LogP contribution in [0.1, 0.15) is 6.92 Å². The van der Waals surface area contributed by atoms with Crippen molar-refractivity contribution >= 4 is 0 Å². The molecule has 0 bridgehead atoms. The van der Waals surface area contributed by atoms with Crippen LogP contribution in [-0.2, 0) is 0 Å². The molecule has 0 saturated heterocycles. The van der Waals surface area contributed by atoms with Gasteiger partial charge in [0.2, 0.25) is 0 Å². The molecule has 1 aliphatic heterocycles. The minimum Gasteiger partial charge on any atom is -0.176 e. The number of rotatable bonds is 0. The summed E-state index contributed by atoms with van der Waals surface area (Å²) in [6.07, 6.45) is 3.54. The molecule has 1 aliphatic rings. The minimum atomic E-state index is 0.981. The van der Waals surface area contributed by atoms with Crippen LogP contribution in [0.3, 0.4) is 0 Å². The third-order valence-corrected chi connectivity index (χ3v) is 0.598. The summed E-state index contributed by atoms with van der Waals surface area (Å²) in [5.41, 5.74) is 0. The van der Waals surface area contributed by atoms with Crippen LogP contribution in [0.4, 0.5) is 0 Å². The summed E-state index contributed by atoms with van der Waals surface area (Å²) in [6.45, 7) is 1.91. The van der Waals surface area contributed by atoms with Gasteiger partial charge in [-0.25, -0.2) is 0 Å². The second-order valence-electron chi connectivity index (χ2n) is 1.17. The van der Waals surface area contributed by atoms with Crippen molar-refractivity contribution in [3.05, 3.63) is 18.3 Å². The molecule has 1 heterocycles. The minimum absolute atomic E-state index is 0.981. The molecule has 1 rings (SSSR count). The molecule has 0 saturated carbocycles. The van der Waals surface area contributed by atoms with E-state index in [1.165, 1.54) is 0 Å². The van der Waals surface area contributed by atoms with Gasteiger partial charge in [0, 0.05) is 6.20 Å². The average molecular weight is 81.1 g/mol. The van der Waals surface area contributed by atoms with Crippen LogP contribution < -0.4 is 0 Å². The average Bonchev–Trinajstić information content (AvgIpc) is 1.86. The van der Waals surface area contributed by atoms with Gasteiger partial charge in [0.25, 0.3) is 0 Å². The molecule has 2 nitrogen and oxygen atoms in total. The molecule has 0 N–H and O–H groups in total. The summed E-state index contributed by atoms with van der Waals surface area (Å²) in [5, 5.41) is 7.24. The van der Waals surface area contributed by atoms with Crippen molar-refractivity contribution in [1.29, 1.82) is 0 Å². The van der Waals surface area contributed by atoms with Crippen molar-refractivity contribution in [2.45, 2.75) is 6.92 Å². The Kier molecular flexibility index (Phi) is 0.708. The summed E-state index contributed by atoms with van der Waals surface area (Å²) < 4.78 is 0. The van der Waals surface area contributed by atoms with Crippen LogP contribution in [0.2, 0.25) is 0 Å². The van der Waals surface area contributed by atoms with Crippen molar-refractivity contribution in [3.63, 3.8) is 0 Å². The van der Waals surface area contributed by atoms with E-state index >= 15 is 0 Å². The van der Waals surface area contributed by atoms with Crippen LogP contribution in [0.25, 0.3) is 0 Å². The van der Waals surface area contributed by atoms with Crippen LogP contribution in [0.15, 0.2) is 22.5 Å². The zero-order valence-electron chi connectivity index (χ0n) is 3.55. The van der Waals surface area contributed by atoms with Crippen LogP contribution in [-0.4, -0.2) is 0 Å². The molecule has 1 radical (unpaired) electrons. The zero-order chi connectivity index (χ0) is 4.41. The van der Waals surface area contributed by atoms with Gasteiger partial charge >= 0.3 is 0 Å². The molecule has 0 unspecified atom stereocenters. The molecule has 0 aliphatic carbocycles. The third kappa shape index (κ3) is 0.455. The number of azo groups is 1. The molecule has 0 aromatic rings. The van der Waals surface area contributed by atoms with E-state index in [0.717, 1.165) is 6.04 Å². The van der Waals surface area contributed by atoms with Gasteiger partial charge in [0.15, 0.2) is 0 Å². The molecule has 0 aromatic heterocycles. The maximum Gasteiger partial charge on any atom is 0.129 e. The largest absolute Gasteiger partial charge is 0.176 e. The first kappa shape index (κ1) is 3.53. The van der Waals surface area contributed by atoms with Crippen LogP contribution in [0.5, 0.6) is 0 Å². The molecule has 31 valence electrons. The van der Waals surface area contributed by atoms with E-state index in [2.05, 4.69) is 10.2 Å². The monoisotopic (exact) mass is 81.0 g/mol. The highest BCUT2D eigenvalue weighted by atomic mass is 15.1. The van der Waals surface area contributed by atoms with Gasteiger partial charge in [-0.1, -0.05) is 0 Å². The SMILES string of the molecule is C[C]1C=CN=N1. The molecule has 0 spiro atoms. The van der Waals surface area contributed by atoms with Crippen molar-refractivity contribution in [2.75, 3.05) is 0 Å². The van der Waals surface area contributed by atoms with Gasteiger partial charge < -0.3 is 0 Å². The number of hydrogen-bond acceptors (Lipinski definition) is 2. The van der Waals surface area contributed by atoms with Crippen LogP contribution >= 0.6 is 0 Å². The lowest BCUT2D eigenvalue weighted by Gasteiger charge is -1.78. The lowest BCUT2D eigenvalue weighted by atomic mass is 10.4. The summed E-state index contributed by atoms with van der Waals surface area (Å²) in [6, 6.07) is 0.981. The quantitative estimate of drug-likeness (QED) is 0.422. The van der Waals surface area contributed by atoms with Crippen molar-refractivity contribution in [3.8, 4) is 0 Å². The van der Waals surface area contributed by atoms with E-state index in [-0.39, 0.29) is 0 Å². The van der Waals surface area contributed by atoms with E-state index in [1.807, 2.05) is 13.0 Å². The molecule has 0 fully saturated rings. The summed E-state index contributed by atoms with van der Waals surface area (Å²) >= 11 is 0. The normalized spacial score (nSPS) is 20.2. The first-order chi connectivity index (χ1) is 2.89. The predicted molar refractivity (Wildman–Crippen MR) is 22.9 cm³/mol. The maximum atomic E-state index is 3.67. The Labute approximate surface area is 36.6 Å². The summed E-state index contributed by atoms with van der Waals surface area (Å²) in [5.74, 6) is 0. The molecular weight excluding hydrogens is 76.1 g/mol. The Bertz CT molecular complexity index is 81.7. The summed E-state index contributed by atoms with van der Waals surface area (Å²) in [7, 11) is 0. The third-order valence-electron chi connectivity index (χ3n) is 0.598. The van der Waals surface area contributed by atoms with Gasteiger partial charge in [0.1, 0.15) is 6.04 Å². The highest BCUT2D eigenvalue weighted by molar-refractivity contribution is 5.07. The second-order valence-corrected chi connectivity index (χ2v) is 1.17. The molecule has 6 heavy (non-hydrogen) atoms. The van der Waals surface area contributed by atoms with E-state index in [9.17, 15) is 0 Å². The Morgan fingerprint density at radius 2 is 2.50 bits per heavy atom. The Morgan fingerprint density at radius 3 is 2.67 bits per heavy atom. The van der Waals surface area contributed by atoms with Gasteiger partial charge in [-0.2, -0.15) is 10.2 Å². The zero-order valence-corrected chi connectivity index (χ0v) is 3.55. The Balaban J connectivity index is 2.60. The fraction of sp³-hybridized carbons (Fsp3) is 0.250. The van der Waals surface area contributed by atoms with E-state index in [1.54, 1.807) is 6.20 Å². The summed E-state index contributed by atoms with van der Waals surface area (Å²) in [4.78, 5) is 0. The standard InChI is InChI=1S/C4H5N2/c1-4-2-3-5-6-4/h2-3H,1H3. The van der Waals surface area contributed by atoms with Crippen molar-refractivity contribution < 1.29 is 0 Å². The van der Waals surface area contributed by atoms with E-state index in [4.69, 9.17) is 0 Å². The maximum absolute atomic E-state index is 3.67. The topological polar surface area (TPSA) is 24.7 Å². The molecule has 0 amide bonds. The smallest absolute Gasteiger partial charge is 0.129 e. The molecule has 0 aromatic carbocycles. The first-order valence-electron chi connectivity index (χ1n) is 1.80. The highest BCUT2D eigenvalue weighted by Gasteiger charge is 1.94. The van der Waals surface area contributed by atoms with E-state index < -0.39 is 0 Å². The predicted octanol–water partition coefficient (Wildman–Crippen LogP) is 1.52. The molecular formula is C4H5N2. The first-order valence-corrected chi connectivity index (χ1v) is 1.80. The van der Waals surface area contributed by atoms with E-state index in [0.29, 0.717) is 0 Å². The molecule has 0 atom stereocenters. The number of hydrogen-bond donors (Lipinski definition) is 0. The Morgan fingerprint density at radius 1 is 1.67 bits per heavy atom.